The van der Waals surface area contributed by atoms with Crippen LogP contribution in [0, 0.1) is 0 Å². The average Bonchev–Trinajstić information content (AvgIpc) is 2.28. The molecule has 1 rings (SSSR count). The molecule has 4 nitrogen and oxygen atoms in total. The summed E-state index contributed by atoms with van der Waals surface area (Å²) in [6, 6.07) is 5.29. The second kappa shape index (κ2) is 6.00. The Morgan fingerprint density at radius 2 is 2.19 bits per heavy atom. The van der Waals surface area contributed by atoms with Crippen molar-refractivity contribution in [3.63, 3.8) is 0 Å². The van der Waals surface area contributed by atoms with Gasteiger partial charge in [-0.2, -0.15) is 0 Å². The van der Waals surface area contributed by atoms with E-state index in [-0.39, 0.29) is 5.97 Å². The minimum absolute atomic E-state index is 0.352. The van der Waals surface area contributed by atoms with Gasteiger partial charge in [0.05, 0.1) is 12.2 Å². The van der Waals surface area contributed by atoms with Gasteiger partial charge in [-0.3, -0.25) is 0 Å². The van der Waals surface area contributed by atoms with Crippen LogP contribution in [0.3, 0.4) is 0 Å². The van der Waals surface area contributed by atoms with Crippen molar-refractivity contribution in [2.24, 2.45) is 0 Å². The Morgan fingerprint density at radius 3 is 2.81 bits per heavy atom. The fourth-order valence-electron chi connectivity index (χ4n) is 1.32. The van der Waals surface area contributed by atoms with Crippen molar-refractivity contribution in [3.05, 3.63) is 23.8 Å². The highest BCUT2D eigenvalue weighted by Gasteiger charge is 2.11. The lowest BCUT2D eigenvalue weighted by Crippen LogP contribution is -2.09. The zero-order chi connectivity index (χ0) is 12.0. The molecule has 0 bridgehead atoms. The van der Waals surface area contributed by atoms with Crippen LogP contribution in [-0.4, -0.2) is 19.1 Å². The number of esters is 1. The van der Waals surface area contributed by atoms with E-state index in [1.807, 2.05) is 6.07 Å². The Morgan fingerprint density at radius 1 is 1.44 bits per heavy atom. The van der Waals surface area contributed by atoms with Crippen molar-refractivity contribution in [1.29, 1.82) is 0 Å². The summed E-state index contributed by atoms with van der Waals surface area (Å²) in [4.78, 5) is 11.6. The second-order valence-electron chi connectivity index (χ2n) is 3.45. The van der Waals surface area contributed by atoms with Gasteiger partial charge in [-0.15, -0.1) is 0 Å². The summed E-state index contributed by atoms with van der Waals surface area (Å²) in [5.74, 6) is -0.375. The molecule has 0 fully saturated rings. The first-order chi connectivity index (χ1) is 7.69. The van der Waals surface area contributed by atoms with E-state index in [9.17, 15) is 4.79 Å². The number of nitrogens with two attached hydrogens (primary N) is 1. The van der Waals surface area contributed by atoms with E-state index in [1.54, 1.807) is 19.1 Å². The third-order valence-electron chi connectivity index (χ3n) is 2.13. The fraction of sp³-hybridized carbons (Fsp3) is 0.417. The van der Waals surface area contributed by atoms with Crippen LogP contribution in [-0.2, 0) is 4.74 Å². The van der Waals surface area contributed by atoms with Crippen LogP contribution in [0.25, 0.3) is 0 Å². The Labute approximate surface area is 95.8 Å². The molecule has 1 aromatic rings. The van der Waals surface area contributed by atoms with Crippen molar-refractivity contribution in [2.45, 2.75) is 20.3 Å². The lowest BCUT2D eigenvalue weighted by molar-refractivity contribution is 0.0527. The Bertz CT molecular complexity index is 364. The van der Waals surface area contributed by atoms with Gasteiger partial charge in [0.25, 0.3) is 0 Å². The lowest BCUT2D eigenvalue weighted by atomic mass is 10.1. The van der Waals surface area contributed by atoms with Gasteiger partial charge in [0.1, 0.15) is 0 Å². The molecule has 88 valence electrons. The molecule has 0 heterocycles. The van der Waals surface area contributed by atoms with Gasteiger partial charge >= 0.3 is 5.97 Å². The van der Waals surface area contributed by atoms with E-state index < -0.39 is 0 Å². The van der Waals surface area contributed by atoms with Crippen LogP contribution in [0.2, 0.25) is 0 Å². The first-order valence-electron chi connectivity index (χ1n) is 5.49. The molecular formula is C12H18N2O2. The van der Waals surface area contributed by atoms with Crippen LogP contribution in [0.15, 0.2) is 18.2 Å². The molecule has 0 unspecified atom stereocenters. The number of anilines is 2. The molecule has 0 aliphatic rings. The lowest BCUT2D eigenvalue weighted by Gasteiger charge is -2.09. The van der Waals surface area contributed by atoms with E-state index >= 15 is 0 Å². The largest absolute Gasteiger partial charge is 0.462 e. The van der Waals surface area contributed by atoms with Crippen LogP contribution < -0.4 is 11.1 Å². The summed E-state index contributed by atoms with van der Waals surface area (Å²) < 4.78 is 4.92. The van der Waals surface area contributed by atoms with Gasteiger partial charge in [0.2, 0.25) is 0 Å². The van der Waals surface area contributed by atoms with Crippen LogP contribution in [0.4, 0.5) is 11.4 Å². The molecule has 0 aliphatic heterocycles. The summed E-state index contributed by atoms with van der Waals surface area (Å²) in [6.45, 7) is 5.07. The molecule has 0 aliphatic carbocycles. The smallest absolute Gasteiger partial charge is 0.340 e. The topological polar surface area (TPSA) is 64.3 Å². The average molecular weight is 222 g/mol. The highest BCUT2D eigenvalue weighted by molar-refractivity contribution is 5.96. The van der Waals surface area contributed by atoms with Gasteiger partial charge in [-0.25, -0.2) is 4.79 Å². The second-order valence-corrected chi connectivity index (χ2v) is 3.45. The standard InChI is InChI=1S/C12H18N2O2/c1-3-7-14-9-5-6-11(13)10(8-9)12(15)16-4-2/h5-6,8,14H,3-4,7,13H2,1-2H3. The molecule has 3 N–H and O–H groups in total. The van der Waals surface area contributed by atoms with Crippen molar-refractivity contribution < 1.29 is 9.53 Å². The first kappa shape index (κ1) is 12.4. The molecule has 0 amide bonds. The van der Waals surface area contributed by atoms with Gasteiger partial charge in [-0.05, 0) is 31.5 Å². The van der Waals surface area contributed by atoms with Crippen LogP contribution in [0.1, 0.15) is 30.6 Å². The number of hydrogen-bond acceptors (Lipinski definition) is 4. The summed E-state index contributed by atoms with van der Waals surface area (Å²) in [5, 5.41) is 3.20. The number of nitrogen functional groups attached to an aromatic ring is 1. The molecule has 4 heteroatoms. The van der Waals surface area contributed by atoms with Crippen LogP contribution in [0.5, 0.6) is 0 Å². The van der Waals surface area contributed by atoms with Gasteiger partial charge in [0, 0.05) is 17.9 Å². The number of nitrogens with one attached hydrogen (secondary N) is 1. The first-order valence-corrected chi connectivity index (χ1v) is 5.49. The zero-order valence-corrected chi connectivity index (χ0v) is 9.75. The Balaban J connectivity index is 2.85. The van der Waals surface area contributed by atoms with E-state index in [0.29, 0.717) is 17.9 Å². The molecule has 0 saturated carbocycles. The van der Waals surface area contributed by atoms with Crippen LogP contribution >= 0.6 is 0 Å². The minimum Gasteiger partial charge on any atom is -0.462 e. The highest BCUT2D eigenvalue weighted by Crippen LogP contribution is 2.18. The van der Waals surface area contributed by atoms with Gasteiger partial charge < -0.3 is 15.8 Å². The quantitative estimate of drug-likeness (QED) is 0.592. The molecule has 0 aromatic heterocycles. The summed E-state index contributed by atoms with van der Waals surface area (Å²) in [5.41, 5.74) is 7.47. The normalized spacial score (nSPS) is 9.88. The number of ether oxygens (including phenoxy) is 1. The van der Waals surface area contributed by atoms with Gasteiger partial charge in [-0.1, -0.05) is 6.92 Å². The summed E-state index contributed by atoms with van der Waals surface area (Å²) >= 11 is 0. The zero-order valence-electron chi connectivity index (χ0n) is 9.75. The maximum Gasteiger partial charge on any atom is 0.340 e. The van der Waals surface area contributed by atoms with E-state index in [2.05, 4.69) is 12.2 Å². The van der Waals surface area contributed by atoms with E-state index in [0.717, 1.165) is 18.7 Å². The molecule has 0 atom stereocenters. The van der Waals surface area contributed by atoms with E-state index in [1.165, 1.54) is 0 Å². The summed E-state index contributed by atoms with van der Waals surface area (Å²) in [6.07, 6.45) is 1.03. The van der Waals surface area contributed by atoms with Crippen molar-refractivity contribution >= 4 is 17.3 Å². The van der Waals surface area contributed by atoms with Crippen molar-refractivity contribution in [3.8, 4) is 0 Å². The molecule has 1 aromatic carbocycles. The molecule has 0 spiro atoms. The summed E-state index contributed by atoms with van der Waals surface area (Å²) in [7, 11) is 0. The van der Waals surface area contributed by atoms with Crippen molar-refractivity contribution in [1.82, 2.24) is 0 Å². The molecule has 16 heavy (non-hydrogen) atoms. The van der Waals surface area contributed by atoms with Gasteiger partial charge in [0.15, 0.2) is 0 Å². The van der Waals surface area contributed by atoms with Crippen molar-refractivity contribution in [2.75, 3.05) is 24.2 Å². The SMILES string of the molecule is CCCNc1ccc(N)c(C(=O)OCC)c1. The molecular weight excluding hydrogens is 204 g/mol. The Hall–Kier alpha value is -1.71. The third kappa shape index (κ3) is 3.15. The number of benzene rings is 1. The fourth-order valence-corrected chi connectivity index (χ4v) is 1.32. The predicted octanol–water partition coefficient (Wildman–Crippen LogP) is 2.27. The molecule has 0 radical (unpaired) electrons. The maximum absolute atomic E-state index is 11.6. The number of carbonyl (C=O) groups excluding carboxylic acids is 1. The monoisotopic (exact) mass is 222 g/mol. The molecule has 0 saturated heterocycles. The number of rotatable bonds is 5. The number of hydrogen-bond donors (Lipinski definition) is 2. The Kier molecular flexibility index (Phi) is 4.64. The van der Waals surface area contributed by atoms with E-state index in [4.69, 9.17) is 10.5 Å². The third-order valence-corrected chi connectivity index (χ3v) is 2.13. The highest BCUT2D eigenvalue weighted by atomic mass is 16.5. The predicted molar refractivity (Wildman–Crippen MR) is 65.6 cm³/mol. The number of carbonyl (C=O) groups is 1. The maximum atomic E-state index is 11.6. The minimum atomic E-state index is -0.375.